The van der Waals surface area contributed by atoms with Gasteiger partial charge in [0.05, 0.1) is 22.8 Å². The molecule has 0 aromatic carbocycles. The lowest BCUT2D eigenvalue weighted by atomic mass is 10.0. The van der Waals surface area contributed by atoms with E-state index in [9.17, 15) is 9.59 Å². The van der Waals surface area contributed by atoms with Crippen molar-refractivity contribution in [2.24, 2.45) is 0 Å². The van der Waals surface area contributed by atoms with Gasteiger partial charge in [-0.2, -0.15) is 5.10 Å². The third-order valence-corrected chi connectivity index (χ3v) is 5.26. The number of anilines is 1. The van der Waals surface area contributed by atoms with Gasteiger partial charge in [0.25, 0.3) is 0 Å². The average molecular weight is 434 g/mol. The van der Waals surface area contributed by atoms with Crippen molar-refractivity contribution in [1.82, 2.24) is 20.5 Å². The number of ether oxygens (including phenoxy) is 1. The molecule has 0 saturated heterocycles. The van der Waals surface area contributed by atoms with Crippen LogP contribution >= 0.6 is 11.6 Å². The molecule has 2 aromatic rings. The Hall–Kier alpha value is -2.61. The van der Waals surface area contributed by atoms with Crippen LogP contribution in [0.15, 0.2) is 18.2 Å². The van der Waals surface area contributed by atoms with Gasteiger partial charge in [-0.05, 0) is 59.1 Å². The number of hydrogen-bond acceptors (Lipinski definition) is 5. The van der Waals surface area contributed by atoms with Crippen molar-refractivity contribution < 1.29 is 14.3 Å². The van der Waals surface area contributed by atoms with Crippen LogP contribution < -0.4 is 10.6 Å². The molecule has 8 nitrogen and oxygen atoms in total. The number of nitrogens with zero attached hydrogens (tertiary/aromatic N) is 2. The van der Waals surface area contributed by atoms with Crippen molar-refractivity contribution in [3.8, 4) is 0 Å². The number of carbonyl (C=O) groups is 2. The Labute approximate surface area is 181 Å². The normalized spacial score (nSPS) is 18.8. The third-order valence-electron chi connectivity index (χ3n) is 4.86. The summed E-state index contributed by atoms with van der Waals surface area (Å²) >= 11 is 5.97. The molecule has 3 N–H and O–H groups in total. The van der Waals surface area contributed by atoms with Crippen molar-refractivity contribution in [1.29, 1.82) is 0 Å². The Kier molecular flexibility index (Phi) is 6.65. The first-order chi connectivity index (χ1) is 14.1. The molecule has 30 heavy (non-hydrogen) atoms. The summed E-state index contributed by atoms with van der Waals surface area (Å²) in [6.45, 7) is 7.54. The van der Waals surface area contributed by atoms with Crippen molar-refractivity contribution in [3.05, 3.63) is 40.3 Å². The highest BCUT2D eigenvalue weighted by Crippen LogP contribution is 2.35. The summed E-state index contributed by atoms with van der Waals surface area (Å²) in [5, 5.41) is 13.4. The number of H-pyrrole nitrogens is 1. The minimum Gasteiger partial charge on any atom is -0.446 e. The number of alkyl carbamates (subject to hydrolysis) is 1. The SMILES string of the molecule is Cc1nc(CC(=O)Nc2cc(C3CCC(OC(=O)NC(C)(C)C)C3)[nH]n2)ccc1Cl. The Balaban J connectivity index is 1.50. The predicted octanol–water partition coefficient (Wildman–Crippen LogP) is 4.11. The highest BCUT2D eigenvalue weighted by Gasteiger charge is 2.30. The summed E-state index contributed by atoms with van der Waals surface area (Å²) in [5.74, 6) is 0.473. The maximum absolute atomic E-state index is 12.3. The lowest BCUT2D eigenvalue weighted by Gasteiger charge is -2.22. The first-order valence-corrected chi connectivity index (χ1v) is 10.4. The Morgan fingerprint density at radius 2 is 2.07 bits per heavy atom. The number of carbonyl (C=O) groups excluding carboxylic acids is 2. The van der Waals surface area contributed by atoms with E-state index in [1.54, 1.807) is 19.1 Å². The zero-order valence-electron chi connectivity index (χ0n) is 17.7. The molecular weight excluding hydrogens is 406 g/mol. The summed E-state index contributed by atoms with van der Waals surface area (Å²) in [5.41, 5.74) is 1.94. The molecule has 2 amide bonds. The van der Waals surface area contributed by atoms with Crippen molar-refractivity contribution in [2.75, 3.05) is 5.32 Å². The van der Waals surface area contributed by atoms with Gasteiger partial charge in [0.2, 0.25) is 5.91 Å². The largest absolute Gasteiger partial charge is 0.446 e. The quantitative estimate of drug-likeness (QED) is 0.657. The number of hydrogen-bond donors (Lipinski definition) is 3. The maximum Gasteiger partial charge on any atom is 0.407 e. The van der Waals surface area contributed by atoms with Gasteiger partial charge in [-0.25, -0.2) is 4.79 Å². The van der Waals surface area contributed by atoms with Crippen LogP contribution in [0.3, 0.4) is 0 Å². The van der Waals surface area contributed by atoms with Gasteiger partial charge in [-0.15, -0.1) is 0 Å². The van der Waals surface area contributed by atoms with Crippen LogP contribution in [-0.2, 0) is 16.0 Å². The van der Waals surface area contributed by atoms with E-state index in [-0.39, 0.29) is 29.9 Å². The fraction of sp³-hybridized carbons (Fsp3) is 0.524. The topological polar surface area (TPSA) is 109 Å². The molecule has 0 spiro atoms. The van der Waals surface area contributed by atoms with Gasteiger partial charge >= 0.3 is 6.09 Å². The molecule has 1 aliphatic rings. The third kappa shape index (κ3) is 6.19. The number of pyridine rings is 1. The summed E-state index contributed by atoms with van der Waals surface area (Å²) in [4.78, 5) is 28.6. The average Bonchev–Trinajstić information content (AvgIpc) is 3.25. The molecule has 2 aromatic heterocycles. The van der Waals surface area contributed by atoms with Crippen molar-refractivity contribution >= 4 is 29.4 Å². The van der Waals surface area contributed by atoms with Gasteiger partial charge in [-0.3, -0.25) is 14.9 Å². The highest BCUT2D eigenvalue weighted by molar-refractivity contribution is 6.31. The molecule has 0 bridgehead atoms. The van der Waals surface area contributed by atoms with E-state index in [4.69, 9.17) is 16.3 Å². The van der Waals surface area contributed by atoms with E-state index >= 15 is 0 Å². The van der Waals surface area contributed by atoms with Crippen molar-refractivity contribution in [2.45, 2.75) is 70.9 Å². The monoisotopic (exact) mass is 433 g/mol. The summed E-state index contributed by atoms with van der Waals surface area (Å²) in [6, 6.07) is 5.31. The molecule has 1 saturated carbocycles. The molecule has 162 valence electrons. The number of nitrogens with one attached hydrogen (secondary N) is 3. The van der Waals surface area contributed by atoms with E-state index < -0.39 is 6.09 Å². The predicted molar refractivity (Wildman–Crippen MR) is 115 cm³/mol. The molecule has 2 heterocycles. The molecule has 9 heteroatoms. The lowest BCUT2D eigenvalue weighted by Crippen LogP contribution is -2.42. The van der Waals surface area contributed by atoms with Crippen LogP contribution in [0.1, 0.15) is 63.0 Å². The summed E-state index contributed by atoms with van der Waals surface area (Å²) in [7, 11) is 0. The van der Waals surface area contributed by atoms with E-state index in [0.717, 1.165) is 25.0 Å². The molecule has 2 atom stereocenters. The van der Waals surface area contributed by atoms with Crippen LogP contribution in [-0.4, -0.2) is 38.8 Å². The summed E-state index contributed by atoms with van der Waals surface area (Å²) < 4.78 is 5.52. The molecule has 1 fully saturated rings. The van der Waals surface area contributed by atoms with Gasteiger partial charge < -0.3 is 15.4 Å². The molecule has 0 radical (unpaired) electrons. The second-order valence-corrected chi connectivity index (χ2v) is 9.12. The number of halogens is 1. The number of amides is 2. The van der Waals surface area contributed by atoms with Crippen LogP contribution in [0, 0.1) is 6.92 Å². The maximum atomic E-state index is 12.3. The molecular formula is C21H28ClN5O3. The van der Waals surface area contributed by atoms with Crippen LogP contribution in [0.4, 0.5) is 10.6 Å². The molecule has 3 rings (SSSR count). The van der Waals surface area contributed by atoms with E-state index in [1.165, 1.54) is 0 Å². The number of aromatic amines is 1. The van der Waals surface area contributed by atoms with E-state index in [0.29, 0.717) is 22.2 Å². The Morgan fingerprint density at radius 3 is 2.77 bits per heavy atom. The minimum absolute atomic E-state index is 0.127. The zero-order chi connectivity index (χ0) is 21.9. The van der Waals surface area contributed by atoms with E-state index in [1.807, 2.05) is 26.8 Å². The van der Waals surface area contributed by atoms with Crippen LogP contribution in [0.2, 0.25) is 5.02 Å². The Morgan fingerprint density at radius 1 is 1.30 bits per heavy atom. The van der Waals surface area contributed by atoms with Crippen molar-refractivity contribution in [3.63, 3.8) is 0 Å². The van der Waals surface area contributed by atoms with Gasteiger partial charge in [0.15, 0.2) is 5.82 Å². The van der Waals surface area contributed by atoms with Gasteiger partial charge in [-0.1, -0.05) is 11.6 Å². The zero-order valence-corrected chi connectivity index (χ0v) is 18.5. The second-order valence-electron chi connectivity index (χ2n) is 8.72. The fourth-order valence-corrected chi connectivity index (χ4v) is 3.58. The molecule has 2 unspecified atom stereocenters. The van der Waals surface area contributed by atoms with Crippen LogP contribution in [0.5, 0.6) is 0 Å². The number of aryl methyl sites for hydroxylation is 1. The minimum atomic E-state index is -0.392. The van der Waals surface area contributed by atoms with Gasteiger partial charge in [0.1, 0.15) is 6.10 Å². The first kappa shape index (κ1) is 22.1. The number of rotatable bonds is 5. The van der Waals surface area contributed by atoms with Crippen LogP contribution in [0.25, 0.3) is 0 Å². The number of aromatic nitrogens is 3. The molecule has 0 aliphatic heterocycles. The molecule has 1 aliphatic carbocycles. The summed E-state index contributed by atoms with van der Waals surface area (Å²) in [6.07, 6.45) is 2.03. The fourth-order valence-electron chi connectivity index (χ4n) is 3.47. The smallest absolute Gasteiger partial charge is 0.407 e. The standard InChI is InChI=1S/C21H28ClN5O3/c1-12-16(22)8-6-14(23-12)10-19(28)24-18-11-17(26-27-18)13-5-7-15(9-13)30-20(29)25-21(2,3)4/h6,8,11,13,15H,5,7,9-10H2,1-4H3,(H,25,29)(H2,24,26,27,28). The Bertz CT molecular complexity index is 922. The highest BCUT2D eigenvalue weighted by atomic mass is 35.5. The van der Waals surface area contributed by atoms with E-state index in [2.05, 4.69) is 25.8 Å². The lowest BCUT2D eigenvalue weighted by molar-refractivity contribution is -0.115. The van der Waals surface area contributed by atoms with Gasteiger partial charge in [0, 0.05) is 23.2 Å². The second kappa shape index (κ2) is 9.04. The first-order valence-electron chi connectivity index (χ1n) is 10.0.